The van der Waals surface area contributed by atoms with Crippen LogP contribution in [0.2, 0.25) is 10.0 Å². The molecule has 4 aromatic carbocycles. The lowest BCUT2D eigenvalue weighted by Crippen LogP contribution is -2.49. The Hall–Kier alpha value is -6.24. The van der Waals surface area contributed by atoms with E-state index in [2.05, 4.69) is 72.5 Å². The van der Waals surface area contributed by atoms with Crippen molar-refractivity contribution in [3.05, 3.63) is 91.8 Å². The molecule has 8 aromatic rings. The number of nitrogens with one attached hydrogen (secondary N) is 3. The Morgan fingerprint density at radius 1 is 0.704 bits per heavy atom. The van der Waals surface area contributed by atoms with Crippen molar-refractivity contribution in [3.8, 4) is 34.3 Å². The first kappa shape index (κ1) is 51.1. The van der Waals surface area contributed by atoms with E-state index >= 15 is 0 Å². The van der Waals surface area contributed by atoms with Crippen LogP contribution in [-0.2, 0) is 9.59 Å². The average Bonchev–Trinajstić information content (AvgIpc) is 3.96. The van der Waals surface area contributed by atoms with Crippen molar-refractivity contribution < 1.29 is 45.4 Å². The van der Waals surface area contributed by atoms with E-state index in [0.29, 0.717) is 50.1 Å². The maximum atomic E-state index is 14.3. The fraction of sp³-hybridized carbons (Fsp3) is 0.289. The van der Waals surface area contributed by atoms with Gasteiger partial charge in [0.2, 0.25) is 23.7 Å². The van der Waals surface area contributed by atoms with Crippen molar-refractivity contribution in [2.24, 2.45) is 0 Å². The van der Waals surface area contributed by atoms with Gasteiger partial charge in [-0.3, -0.25) is 9.59 Å². The number of hydrogen-bond donors (Lipinski definition) is 3. The van der Waals surface area contributed by atoms with E-state index in [1.54, 1.807) is 48.2 Å². The predicted molar refractivity (Wildman–Crippen MR) is 262 cm³/mol. The Labute approximate surface area is 425 Å². The van der Waals surface area contributed by atoms with Gasteiger partial charge < -0.3 is 30.3 Å². The topological polar surface area (TPSA) is 178 Å². The normalized spacial score (nSPS) is 12.9. The number of benzene rings is 4. The number of nitrogens with zero attached hydrogens (tertiary/aromatic N) is 9. The molecule has 0 aliphatic heterocycles. The highest BCUT2D eigenvalue weighted by atomic mass is 79.9. The number of carbonyl (C=O) groups is 2. The summed E-state index contributed by atoms with van der Waals surface area (Å²) in [5, 5.41) is 19.0. The standard InChI is InChI=1S/C45H38Br2Cl2F6N12O4/c1-4-17-56-40(68)22(3)65(43-60-35-28(9-7-11-30(35)47)39-62-37(64-67(39)43)26-15-13-24(49)21-33(26)71-45(53,54)55)19-16-31(41(69)57-18-5-2)58-42-59-34-27(8-6-10-29(34)46)38-61-36(63-66(38)42)25-14-12-23(48)20-32(25)70-44(50,51)52/h6-15,20-22,31H,4-5,16-19H2,1-3H3,(H,56,68)(H,57,69)(H,58,59)/t22-,31+/m0/s1. The van der Waals surface area contributed by atoms with Crippen molar-refractivity contribution in [1.29, 1.82) is 0 Å². The van der Waals surface area contributed by atoms with Crippen molar-refractivity contribution in [2.45, 2.75) is 64.8 Å². The van der Waals surface area contributed by atoms with Crippen LogP contribution in [0.3, 0.4) is 0 Å². The predicted octanol–water partition coefficient (Wildman–Crippen LogP) is 10.9. The van der Waals surface area contributed by atoms with Crippen molar-refractivity contribution in [1.82, 2.24) is 49.8 Å². The molecule has 8 rings (SSSR count). The van der Waals surface area contributed by atoms with Gasteiger partial charge in [-0.25, -0.2) is 19.9 Å². The van der Waals surface area contributed by atoms with Crippen LogP contribution in [0.5, 0.6) is 11.5 Å². The molecule has 2 atom stereocenters. The minimum absolute atomic E-state index is 0.0215. The molecule has 0 spiro atoms. The number of halogens is 10. The van der Waals surface area contributed by atoms with Gasteiger partial charge in [-0.05, 0) is 119 Å². The van der Waals surface area contributed by atoms with Crippen LogP contribution in [-0.4, -0.2) is 95.4 Å². The van der Waals surface area contributed by atoms with E-state index in [1.165, 1.54) is 33.3 Å². The molecular formula is C45H38Br2Cl2F6N12O4. The second-order valence-electron chi connectivity index (χ2n) is 15.8. The molecular weight excluding hydrogens is 1120 g/mol. The smallest absolute Gasteiger partial charge is 0.405 e. The molecule has 0 fully saturated rings. The zero-order chi connectivity index (χ0) is 50.9. The quantitative estimate of drug-likeness (QED) is 0.0736. The number of carbonyl (C=O) groups excluding carboxylic acids is 2. The number of para-hydroxylation sites is 2. The lowest BCUT2D eigenvalue weighted by Gasteiger charge is -2.31. The molecule has 3 N–H and O–H groups in total. The molecule has 0 bridgehead atoms. The van der Waals surface area contributed by atoms with Gasteiger partial charge in [0.1, 0.15) is 23.6 Å². The zero-order valence-corrected chi connectivity index (χ0v) is 41.9. The van der Waals surface area contributed by atoms with Gasteiger partial charge in [-0.1, -0.05) is 49.2 Å². The Morgan fingerprint density at radius 3 is 1.72 bits per heavy atom. The number of hydrogen-bond acceptors (Lipinski definition) is 12. The van der Waals surface area contributed by atoms with Crippen molar-refractivity contribution in [2.75, 3.05) is 29.9 Å². The van der Waals surface area contributed by atoms with Crippen LogP contribution in [0.1, 0.15) is 40.0 Å². The molecule has 0 aliphatic rings. The molecule has 2 amide bonds. The number of aromatic nitrogens is 8. The third-order valence-electron chi connectivity index (χ3n) is 10.8. The largest absolute Gasteiger partial charge is 0.573 e. The second kappa shape index (κ2) is 20.8. The van der Waals surface area contributed by atoms with Crippen LogP contribution in [0.15, 0.2) is 81.7 Å². The van der Waals surface area contributed by atoms with Crippen molar-refractivity contribution in [3.63, 3.8) is 0 Å². The summed E-state index contributed by atoms with van der Waals surface area (Å²) in [6, 6.07) is 15.3. The molecule has 4 aromatic heterocycles. The first-order valence-corrected chi connectivity index (χ1v) is 24.0. The third-order valence-corrected chi connectivity index (χ3v) is 12.5. The van der Waals surface area contributed by atoms with Crippen LogP contribution in [0, 0.1) is 0 Å². The van der Waals surface area contributed by atoms with Crippen molar-refractivity contribution >= 4 is 112 Å². The minimum Gasteiger partial charge on any atom is -0.405 e. The number of rotatable bonds is 17. The van der Waals surface area contributed by atoms with Crippen LogP contribution >= 0.6 is 55.1 Å². The van der Waals surface area contributed by atoms with Gasteiger partial charge in [0.15, 0.2) is 22.9 Å². The first-order valence-electron chi connectivity index (χ1n) is 21.6. The highest BCUT2D eigenvalue weighted by Gasteiger charge is 2.36. The lowest BCUT2D eigenvalue weighted by molar-refractivity contribution is -0.275. The highest BCUT2D eigenvalue weighted by Crippen LogP contribution is 2.39. The van der Waals surface area contributed by atoms with E-state index in [1.807, 2.05) is 13.8 Å². The van der Waals surface area contributed by atoms with Crippen LogP contribution < -0.4 is 30.3 Å². The molecule has 71 heavy (non-hydrogen) atoms. The first-order chi connectivity index (χ1) is 33.7. The van der Waals surface area contributed by atoms with Gasteiger partial charge in [-0.15, -0.1) is 36.5 Å². The Balaban J connectivity index is 1.27. The number of ether oxygens (including phenoxy) is 2. The Bertz CT molecular complexity index is 3320. The maximum absolute atomic E-state index is 14.3. The monoisotopic (exact) mass is 1150 g/mol. The summed E-state index contributed by atoms with van der Waals surface area (Å²) >= 11 is 19.3. The molecule has 26 heteroatoms. The summed E-state index contributed by atoms with van der Waals surface area (Å²) in [5.41, 5.74) is 0.717. The van der Waals surface area contributed by atoms with E-state index in [0.717, 1.165) is 12.1 Å². The number of amides is 2. The SMILES string of the molecule is CCCNC(=O)[C@@H](CCN(c1nc2c(Br)cccc2c2nc(-c3ccc(Cl)cc3OC(F)(F)F)nn12)[C@@H](C)C(=O)NCCC)Nc1nc2c(Br)cccc2c2nc(-c3ccc(Cl)cc3OC(F)(F)F)nn12. The summed E-state index contributed by atoms with van der Waals surface area (Å²) in [6.07, 6.45) is -9.11. The van der Waals surface area contributed by atoms with E-state index < -0.39 is 48.1 Å². The molecule has 372 valence electrons. The summed E-state index contributed by atoms with van der Waals surface area (Å²) in [6.45, 7) is 5.82. The Morgan fingerprint density at radius 2 is 1.20 bits per heavy atom. The summed E-state index contributed by atoms with van der Waals surface area (Å²) < 4.78 is 94.3. The van der Waals surface area contributed by atoms with E-state index in [-0.39, 0.29) is 75.5 Å². The summed E-state index contributed by atoms with van der Waals surface area (Å²) in [5.74, 6) is -2.66. The number of fused-ring (bicyclic) bond motifs is 6. The maximum Gasteiger partial charge on any atom is 0.573 e. The molecule has 0 unspecified atom stereocenters. The highest BCUT2D eigenvalue weighted by molar-refractivity contribution is 9.11. The molecule has 0 aliphatic carbocycles. The minimum atomic E-state index is -5.10. The van der Waals surface area contributed by atoms with Crippen LogP contribution in [0.25, 0.3) is 55.9 Å². The molecule has 16 nitrogen and oxygen atoms in total. The van der Waals surface area contributed by atoms with Gasteiger partial charge >= 0.3 is 12.7 Å². The fourth-order valence-electron chi connectivity index (χ4n) is 7.54. The molecule has 0 saturated carbocycles. The van der Waals surface area contributed by atoms with E-state index in [9.17, 15) is 35.9 Å². The van der Waals surface area contributed by atoms with Gasteiger partial charge in [0, 0.05) is 49.4 Å². The average molecular weight is 1160 g/mol. The zero-order valence-electron chi connectivity index (χ0n) is 37.3. The molecule has 0 radical (unpaired) electrons. The fourth-order valence-corrected chi connectivity index (χ4v) is 8.77. The third kappa shape index (κ3) is 11.3. The van der Waals surface area contributed by atoms with E-state index in [4.69, 9.17) is 38.2 Å². The lowest BCUT2D eigenvalue weighted by atomic mass is 10.1. The summed E-state index contributed by atoms with van der Waals surface area (Å²) in [7, 11) is 0. The number of alkyl halides is 6. The second-order valence-corrected chi connectivity index (χ2v) is 18.4. The molecule has 0 saturated heterocycles. The van der Waals surface area contributed by atoms with Gasteiger partial charge in [-0.2, -0.15) is 9.03 Å². The Kier molecular flexibility index (Phi) is 15.0. The van der Waals surface area contributed by atoms with Crippen LogP contribution in [0.4, 0.5) is 38.2 Å². The van der Waals surface area contributed by atoms with Gasteiger partial charge in [0.05, 0.1) is 22.2 Å². The molecule has 4 heterocycles. The summed E-state index contributed by atoms with van der Waals surface area (Å²) in [4.78, 5) is 49.0. The van der Waals surface area contributed by atoms with Gasteiger partial charge in [0.25, 0.3) is 0 Å². The number of anilines is 2.